The Labute approximate surface area is 169 Å². The fourth-order valence-corrected chi connectivity index (χ4v) is 3.69. The molecule has 0 aliphatic heterocycles. The summed E-state index contributed by atoms with van der Waals surface area (Å²) in [6.07, 6.45) is -4.48. The third-order valence-corrected chi connectivity index (χ3v) is 5.10. The number of halogens is 3. The molecule has 3 rings (SSSR count). The van der Waals surface area contributed by atoms with E-state index in [1.807, 2.05) is 31.3 Å². The Bertz CT molecular complexity index is 1130. The zero-order chi connectivity index (χ0) is 21.2. The number of benzene rings is 2. The van der Waals surface area contributed by atoms with Crippen molar-refractivity contribution in [3.8, 4) is 5.69 Å². The molecule has 0 saturated heterocycles. The second kappa shape index (κ2) is 8.28. The van der Waals surface area contributed by atoms with Crippen LogP contribution < -0.4 is 10.9 Å². The van der Waals surface area contributed by atoms with Crippen LogP contribution >= 0.6 is 11.8 Å². The predicted octanol–water partition coefficient (Wildman–Crippen LogP) is 3.77. The van der Waals surface area contributed by atoms with Gasteiger partial charge in [-0.2, -0.15) is 13.2 Å². The Morgan fingerprint density at radius 1 is 1.17 bits per heavy atom. The van der Waals surface area contributed by atoms with Crippen molar-refractivity contribution in [3.63, 3.8) is 0 Å². The minimum absolute atomic E-state index is 0.239. The van der Waals surface area contributed by atoms with Gasteiger partial charge in [0.1, 0.15) is 6.54 Å². The lowest BCUT2D eigenvalue weighted by Gasteiger charge is -2.15. The van der Waals surface area contributed by atoms with Gasteiger partial charge in [-0.05, 0) is 37.6 Å². The van der Waals surface area contributed by atoms with E-state index in [9.17, 15) is 22.8 Å². The molecule has 0 radical (unpaired) electrons. The van der Waals surface area contributed by atoms with Crippen molar-refractivity contribution in [2.24, 2.45) is 0 Å². The summed E-state index contributed by atoms with van der Waals surface area (Å²) in [6, 6.07) is 12.4. The number of amides is 1. The molecule has 152 valence electrons. The summed E-state index contributed by atoms with van der Waals surface area (Å²) in [4.78, 5) is 29.5. The van der Waals surface area contributed by atoms with Crippen LogP contribution in [0.15, 0.2) is 52.4 Å². The number of rotatable bonds is 5. The average molecular weight is 421 g/mol. The highest BCUT2D eigenvalue weighted by atomic mass is 32.2. The first-order valence-electron chi connectivity index (χ1n) is 8.71. The zero-order valence-corrected chi connectivity index (χ0v) is 16.5. The fourth-order valence-electron chi connectivity index (χ4n) is 2.86. The average Bonchev–Trinajstić information content (AvgIpc) is 2.65. The molecule has 3 aromatic rings. The van der Waals surface area contributed by atoms with Crippen molar-refractivity contribution in [1.82, 2.24) is 14.9 Å². The Morgan fingerprint density at radius 2 is 1.90 bits per heavy atom. The number of carbonyl (C=O) groups excluding carboxylic acids is 1. The Morgan fingerprint density at radius 3 is 2.59 bits per heavy atom. The molecule has 0 fully saturated rings. The number of nitrogens with one attached hydrogen (secondary N) is 1. The first kappa shape index (κ1) is 20.9. The van der Waals surface area contributed by atoms with Crippen LogP contribution in [0.4, 0.5) is 13.2 Å². The number of fused-ring (bicyclic) bond motifs is 1. The molecule has 1 aromatic heterocycles. The van der Waals surface area contributed by atoms with Gasteiger partial charge in [-0.3, -0.25) is 14.2 Å². The lowest BCUT2D eigenvalue weighted by Crippen LogP contribution is -2.35. The van der Waals surface area contributed by atoms with E-state index in [2.05, 4.69) is 4.98 Å². The predicted molar refractivity (Wildman–Crippen MR) is 107 cm³/mol. The highest BCUT2D eigenvalue weighted by Crippen LogP contribution is 2.23. The second-order valence-electron chi connectivity index (χ2n) is 6.52. The van der Waals surface area contributed by atoms with Gasteiger partial charge in [0.15, 0.2) is 5.16 Å². The highest BCUT2D eigenvalue weighted by Gasteiger charge is 2.27. The van der Waals surface area contributed by atoms with Crippen molar-refractivity contribution in [2.45, 2.75) is 25.2 Å². The number of aromatic nitrogens is 2. The number of aryl methyl sites for hydroxylation is 2. The van der Waals surface area contributed by atoms with Gasteiger partial charge in [0, 0.05) is 0 Å². The molecule has 1 amide bonds. The lowest BCUT2D eigenvalue weighted by molar-refractivity contribution is -0.136. The van der Waals surface area contributed by atoms with E-state index in [-0.39, 0.29) is 16.5 Å². The van der Waals surface area contributed by atoms with Crippen molar-refractivity contribution < 1.29 is 18.0 Å². The summed E-state index contributed by atoms with van der Waals surface area (Å²) in [6.45, 7) is 2.38. The summed E-state index contributed by atoms with van der Waals surface area (Å²) < 4.78 is 38.3. The van der Waals surface area contributed by atoms with E-state index < -0.39 is 18.6 Å². The number of hydrogen-bond donors (Lipinski definition) is 1. The van der Waals surface area contributed by atoms with Crippen LogP contribution in [0, 0.1) is 13.8 Å². The van der Waals surface area contributed by atoms with Crippen LogP contribution in [0.2, 0.25) is 0 Å². The van der Waals surface area contributed by atoms with Gasteiger partial charge >= 0.3 is 6.18 Å². The van der Waals surface area contributed by atoms with Crippen molar-refractivity contribution in [2.75, 3.05) is 12.3 Å². The summed E-state index contributed by atoms with van der Waals surface area (Å²) in [7, 11) is 0. The molecular formula is C20H18F3N3O2S. The van der Waals surface area contributed by atoms with Crippen LogP contribution in [-0.2, 0) is 4.79 Å². The first-order chi connectivity index (χ1) is 13.7. The van der Waals surface area contributed by atoms with Gasteiger partial charge in [0.2, 0.25) is 5.91 Å². The normalized spacial score (nSPS) is 11.6. The standard InChI is InChI=1S/C20H18F3N3O2S/c1-12-7-8-16(13(2)9-12)26-18(28)14-5-3-4-6-15(14)25-19(26)29-10-17(27)24-11-20(21,22)23/h3-9H,10-11H2,1-2H3,(H,24,27). The molecule has 1 N–H and O–H groups in total. The van der Waals surface area contributed by atoms with Gasteiger partial charge in [0.05, 0.1) is 22.3 Å². The molecule has 1 heterocycles. The molecule has 0 aliphatic rings. The van der Waals surface area contributed by atoms with Crippen LogP contribution in [-0.4, -0.2) is 33.9 Å². The maximum atomic E-state index is 13.1. The van der Waals surface area contributed by atoms with E-state index in [4.69, 9.17) is 0 Å². The third-order valence-electron chi connectivity index (χ3n) is 4.16. The van der Waals surface area contributed by atoms with Crippen LogP contribution in [0.3, 0.4) is 0 Å². The molecule has 0 spiro atoms. The van der Waals surface area contributed by atoms with Crippen molar-refractivity contribution >= 4 is 28.6 Å². The topological polar surface area (TPSA) is 64.0 Å². The highest BCUT2D eigenvalue weighted by molar-refractivity contribution is 7.99. The molecule has 0 unspecified atom stereocenters. The van der Waals surface area contributed by atoms with Gasteiger partial charge in [-0.25, -0.2) is 4.98 Å². The smallest absolute Gasteiger partial charge is 0.346 e. The van der Waals surface area contributed by atoms with Crippen molar-refractivity contribution in [3.05, 3.63) is 63.9 Å². The maximum Gasteiger partial charge on any atom is 0.405 e. The van der Waals surface area contributed by atoms with Gasteiger partial charge in [0.25, 0.3) is 5.56 Å². The molecular weight excluding hydrogens is 403 g/mol. The SMILES string of the molecule is Cc1ccc(-n2c(SCC(=O)NCC(F)(F)F)nc3ccccc3c2=O)c(C)c1. The molecule has 0 saturated carbocycles. The molecule has 9 heteroatoms. The van der Waals surface area contributed by atoms with E-state index in [1.54, 1.807) is 30.3 Å². The van der Waals surface area contributed by atoms with E-state index in [1.165, 1.54) is 4.57 Å². The number of thioether (sulfide) groups is 1. The Hall–Kier alpha value is -2.81. The van der Waals surface area contributed by atoms with E-state index in [0.29, 0.717) is 16.6 Å². The van der Waals surface area contributed by atoms with Crippen molar-refractivity contribution in [1.29, 1.82) is 0 Å². The first-order valence-corrected chi connectivity index (χ1v) is 9.70. The number of para-hydroxylation sites is 1. The van der Waals surface area contributed by atoms with Gasteiger partial charge < -0.3 is 5.32 Å². The summed E-state index contributed by atoms with van der Waals surface area (Å²) >= 11 is 0.915. The van der Waals surface area contributed by atoms with Crippen LogP contribution in [0.5, 0.6) is 0 Å². The summed E-state index contributed by atoms with van der Waals surface area (Å²) in [5, 5.41) is 2.48. The Balaban J connectivity index is 2.01. The van der Waals surface area contributed by atoms with E-state index in [0.717, 1.165) is 22.9 Å². The van der Waals surface area contributed by atoms with Crippen LogP contribution in [0.1, 0.15) is 11.1 Å². The number of nitrogens with zero attached hydrogens (tertiary/aromatic N) is 2. The molecule has 29 heavy (non-hydrogen) atoms. The molecule has 5 nitrogen and oxygen atoms in total. The van der Waals surface area contributed by atoms with Gasteiger partial charge in [-0.1, -0.05) is 41.6 Å². The molecule has 0 bridgehead atoms. The van der Waals surface area contributed by atoms with Crippen LogP contribution in [0.25, 0.3) is 16.6 Å². The molecule has 2 aromatic carbocycles. The summed E-state index contributed by atoms with van der Waals surface area (Å²) in [5.41, 5.74) is 2.62. The zero-order valence-electron chi connectivity index (χ0n) is 15.7. The second-order valence-corrected chi connectivity index (χ2v) is 7.47. The minimum Gasteiger partial charge on any atom is -0.346 e. The number of carbonyl (C=O) groups is 1. The lowest BCUT2D eigenvalue weighted by atomic mass is 10.1. The third kappa shape index (κ3) is 4.97. The maximum absolute atomic E-state index is 13.1. The Kier molecular flexibility index (Phi) is 5.97. The fraction of sp³-hybridized carbons (Fsp3) is 0.250. The molecule has 0 atom stereocenters. The van der Waals surface area contributed by atoms with Gasteiger partial charge in [-0.15, -0.1) is 0 Å². The monoisotopic (exact) mass is 421 g/mol. The number of hydrogen-bond acceptors (Lipinski definition) is 4. The molecule has 0 aliphatic carbocycles. The van der Waals surface area contributed by atoms with E-state index >= 15 is 0 Å². The minimum atomic E-state index is -4.48. The number of alkyl halides is 3. The summed E-state index contributed by atoms with van der Waals surface area (Å²) in [5.74, 6) is -1.09. The largest absolute Gasteiger partial charge is 0.405 e. The quantitative estimate of drug-likeness (QED) is 0.503.